The molecule has 0 atom stereocenters. The van der Waals surface area contributed by atoms with Crippen molar-refractivity contribution in [2.24, 2.45) is 4.99 Å². The van der Waals surface area contributed by atoms with Gasteiger partial charge in [-0.3, -0.25) is 4.99 Å². The number of aliphatic imine (C=N–C) groups is 1. The summed E-state index contributed by atoms with van der Waals surface area (Å²) in [4.78, 5) is 13.0. The lowest BCUT2D eigenvalue weighted by Gasteiger charge is -2.23. The first-order valence-electron chi connectivity index (χ1n) is 9.39. The maximum Gasteiger partial charge on any atom is 0.191 e. The van der Waals surface area contributed by atoms with Crippen molar-refractivity contribution in [3.8, 4) is 0 Å². The minimum Gasteiger partial charge on any atom is -0.357 e. The van der Waals surface area contributed by atoms with Crippen LogP contribution in [0.3, 0.4) is 0 Å². The Labute approximate surface area is 174 Å². The van der Waals surface area contributed by atoms with Crippen LogP contribution in [-0.4, -0.2) is 55.1 Å². The zero-order chi connectivity index (χ0) is 17.2. The van der Waals surface area contributed by atoms with Crippen molar-refractivity contribution in [2.75, 3.05) is 33.2 Å². The third kappa shape index (κ3) is 8.21. The molecule has 0 unspecified atom stereocenters. The quantitative estimate of drug-likeness (QED) is 0.324. The van der Waals surface area contributed by atoms with Crippen molar-refractivity contribution in [1.29, 1.82) is 0 Å². The number of nitrogens with one attached hydrogen (secondary N) is 2. The van der Waals surface area contributed by atoms with Gasteiger partial charge in [0.05, 0.1) is 11.6 Å². The van der Waals surface area contributed by atoms with E-state index >= 15 is 0 Å². The van der Waals surface area contributed by atoms with Crippen molar-refractivity contribution in [2.45, 2.75) is 58.4 Å². The summed E-state index contributed by atoms with van der Waals surface area (Å²) in [6.07, 6.45) is 9.51. The molecule has 0 aromatic carbocycles. The highest BCUT2D eigenvalue weighted by molar-refractivity contribution is 14.0. The number of nitrogens with zero attached hydrogens (tertiary/aromatic N) is 3. The first-order valence-corrected chi connectivity index (χ1v) is 10.2. The molecule has 0 spiro atoms. The molecule has 1 saturated carbocycles. The molecule has 0 aliphatic heterocycles. The van der Waals surface area contributed by atoms with Gasteiger partial charge in [-0.05, 0) is 33.2 Å². The zero-order valence-corrected chi connectivity index (χ0v) is 19.0. The van der Waals surface area contributed by atoms with Gasteiger partial charge in [-0.25, -0.2) is 4.98 Å². The van der Waals surface area contributed by atoms with E-state index in [2.05, 4.69) is 41.4 Å². The van der Waals surface area contributed by atoms with Gasteiger partial charge in [-0.15, -0.1) is 35.3 Å². The van der Waals surface area contributed by atoms with Crippen molar-refractivity contribution in [3.05, 3.63) is 16.1 Å². The van der Waals surface area contributed by atoms with Crippen LogP contribution in [0.15, 0.2) is 11.2 Å². The molecule has 0 amide bonds. The second kappa shape index (κ2) is 12.9. The molecule has 1 fully saturated rings. The normalized spacial score (nSPS) is 15.4. The number of aromatic nitrogens is 1. The average molecular weight is 479 g/mol. The van der Waals surface area contributed by atoms with Gasteiger partial charge in [0.2, 0.25) is 0 Å². The Bertz CT molecular complexity index is 499. The first kappa shape index (κ1) is 22.6. The Morgan fingerprint density at radius 3 is 2.72 bits per heavy atom. The monoisotopic (exact) mass is 479 g/mol. The van der Waals surface area contributed by atoms with E-state index in [4.69, 9.17) is 4.99 Å². The molecule has 25 heavy (non-hydrogen) atoms. The summed E-state index contributed by atoms with van der Waals surface area (Å²) >= 11 is 1.82. The molecule has 1 aliphatic carbocycles. The van der Waals surface area contributed by atoms with Gasteiger partial charge in [0.15, 0.2) is 5.96 Å². The molecule has 144 valence electrons. The molecule has 2 N–H and O–H groups in total. The van der Waals surface area contributed by atoms with E-state index in [1.165, 1.54) is 35.6 Å². The molecule has 1 aromatic rings. The Morgan fingerprint density at radius 1 is 1.32 bits per heavy atom. The second-order valence-corrected chi connectivity index (χ2v) is 7.63. The van der Waals surface area contributed by atoms with E-state index in [1.807, 2.05) is 17.5 Å². The lowest BCUT2D eigenvalue weighted by Crippen LogP contribution is -2.39. The fraction of sp³-hybridized carbons (Fsp3) is 0.778. The number of halogens is 1. The molecule has 5 nitrogen and oxygen atoms in total. The van der Waals surface area contributed by atoms with Crippen LogP contribution in [-0.2, 0) is 12.8 Å². The van der Waals surface area contributed by atoms with E-state index in [0.29, 0.717) is 0 Å². The van der Waals surface area contributed by atoms with Gasteiger partial charge in [-0.2, -0.15) is 0 Å². The highest BCUT2D eigenvalue weighted by Gasteiger charge is 2.18. The standard InChI is InChI=1S/C18H33N5S.HI/c1-4-16-14-22-17(24-16)10-11-20-18(19-5-2)21-12-13-23(3)15-8-6-7-9-15;/h14-15H,4-13H2,1-3H3,(H2,19,20,21);1H. The molecular formula is C18H34IN5S. The topological polar surface area (TPSA) is 52.6 Å². The zero-order valence-electron chi connectivity index (χ0n) is 15.9. The highest BCUT2D eigenvalue weighted by atomic mass is 127. The molecule has 7 heteroatoms. The van der Waals surface area contributed by atoms with Crippen molar-refractivity contribution in [3.63, 3.8) is 0 Å². The van der Waals surface area contributed by atoms with Crippen LogP contribution in [0, 0.1) is 0 Å². The van der Waals surface area contributed by atoms with E-state index in [1.54, 1.807) is 0 Å². The summed E-state index contributed by atoms with van der Waals surface area (Å²) in [5.41, 5.74) is 0. The van der Waals surface area contributed by atoms with Crippen LogP contribution in [0.1, 0.15) is 49.4 Å². The fourth-order valence-electron chi connectivity index (χ4n) is 3.10. The predicted octanol–water partition coefficient (Wildman–Crippen LogP) is 3.30. The molecule has 0 bridgehead atoms. The molecule has 2 rings (SSSR count). The highest BCUT2D eigenvalue weighted by Crippen LogP contribution is 2.21. The third-order valence-corrected chi connectivity index (χ3v) is 5.80. The van der Waals surface area contributed by atoms with Crippen molar-refractivity contribution in [1.82, 2.24) is 20.5 Å². The fourth-order valence-corrected chi connectivity index (χ4v) is 3.97. The van der Waals surface area contributed by atoms with Crippen molar-refractivity contribution >= 4 is 41.3 Å². The van der Waals surface area contributed by atoms with Crippen LogP contribution in [0.5, 0.6) is 0 Å². The summed E-state index contributed by atoms with van der Waals surface area (Å²) in [5, 5.41) is 7.96. The van der Waals surface area contributed by atoms with Crippen molar-refractivity contribution < 1.29 is 0 Å². The smallest absolute Gasteiger partial charge is 0.191 e. The summed E-state index contributed by atoms with van der Waals surface area (Å²) in [6.45, 7) is 7.93. The number of rotatable bonds is 9. The number of hydrogen-bond acceptors (Lipinski definition) is 4. The lowest BCUT2D eigenvalue weighted by molar-refractivity contribution is 0.252. The second-order valence-electron chi connectivity index (χ2n) is 6.43. The summed E-state index contributed by atoms with van der Waals surface area (Å²) in [6, 6.07) is 0.772. The maximum absolute atomic E-state index is 4.71. The Balaban J connectivity index is 0.00000312. The summed E-state index contributed by atoms with van der Waals surface area (Å²) in [5.74, 6) is 0.921. The van der Waals surface area contributed by atoms with Gasteiger partial charge >= 0.3 is 0 Å². The van der Waals surface area contributed by atoms with Crippen LogP contribution < -0.4 is 10.6 Å². The van der Waals surface area contributed by atoms with Gasteiger partial charge in [0.25, 0.3) is 0 Å². The van der Waals surface area contributed by atoms with E-state index in [-0.39, 0.29) is 24.0 Å². The van der Waals surface area contributed by atoms with Crippen LogP contribution >= 0.6 is 35.3 Å². The minimum atomic E-state index is 0. The number of aryl methyl sites for hydroxylation is 1. The third-order valence-electron chi connectivity index (χ3n) is 4.60. The number of thiazole rings is 1. The van der Waals surface area contributed by atoms with E-state index < -0.39 is 0 Å². The lowest BCUT2D eigenvalue weighted by atomic mass is 10.2. The van der Waals surface area contributed by atoms with Crippen LogP contribution in [0.25, 0.3) is 0 Å². The molecule has 1 aliphatic rings. The number of guanidine groups is 1. The Kier molecular flexibility index (Phi) is 11.6. The maximum atomic E-state index is 4.71. The SMILES string of the molecule is CCNC(=NCCN(C)C1CCCC1)NCCc1ncc(CC)s1.I. The van der Waals surface area contributed by atoms with Crippen LogP contribution in [0.4, 0.5) is 0 Å². The number of likely N-dealkylation sites (N-methyl/N-ethyl adjacent to an activating group) is 1. The Morgan fingerprint density at radius 2 is 2.08 bits per heavy atom. The molecule has 1 heterocycles. The van der Waals surface area contributed by atoms with Gasteiger partial charge in [0, 0.05) is 43.2 Å². The summed E-state index contributed by atoms with van der Waals surface area (Å²) in [7, 11) is 2.24. The first-order chi connectivity index (χ1) is 11.7. The van der Waals surface area contributed by atoms with Crippen LogP contribution in [0.2, 0.25) is 0 Å². The van der Waals surface area contributed by atoms with Gasteiger partial charge < -0.3 is 15.5 Å². The Hall–Kier alpha value is -0.410. The molecule has 0 radical (unpaired) electrons. The van der Waals surface area contributed by atoms with Gasteiger partial charge in [0.1, 0.15) is 0 Å². The number of hydrogen-bond donors (Lipinski definition) is 2. The molecule has 1 aromatic heterocycles. The average Bonchev–Trinajstić information content (AvgIpc) is 3.26. The predicted molar refractivity (Wildman–Crippen MR) is 119 cm³/mol. The van der Waals surface area contributed by atoms with E-state index in [9.17, 15) is 0 Å². The molecule has 0 saturated heterocycles. The largest absolute Gasteiger partial charge is 0.357 e. The summed E-state index contributed by atoms with van der Waals surface area (Å²) < 4.78 is 0. The van der Waals surface area contributed by atoms with Gasteiger partial charge in [-0.1, -0.05) is 19.8 Å². The van der Waals surface area contributed by atoms with E-state index in [0.717, 1.165) is 51.0 Å². The minimum absolute atomic E-state index is 0. The molecular weight excluding hydrogens is 445 g/mol.